The van der Waals surface area contributed by atoms with Crippen molar-refractivity contribution in [2.45, 2.75) is 19.1 Å². The Morgan fingerprint density at radius 1 is 1.33 bits per heavy atom. The number of pyridine rings is 1. The summed E-state index contributed by atoms with van der Waals surface area (Å²) in [5.41, 5.74) is -1.23. The molecule has 0 unspecified atom stereocenters. The minimum Gasteiger partial charge on any atom is -0.315 e. The van der Waals surface area contributed by atoms with Crippen LogP contribution in [-0.2, 0) is 12.7 Å². The average molecular weight is 237 g/mol. The fourth-order valence-corrected chi connectivity index (χ4v) is 1.26. The minimum atomic E-state index is -4.41. The van der Waals surface area contributed by atoms with Crippen LogP contribution >= 0.6 is 12.6 Å². The molecule has 0 fully saturated rings. The summed E-state index contributed by atoms with van der Waals surface area (Å²) in [5, 5.41) is 0. The van der Waals surface area contributed by atoms with E-state index in [1.165, 1.54) is 0 Å². The number of nitrogens with zero attached hydrogens (tertiary/aromatic N) is 1. The van der Waals surface area contributed by atoms with E-state index in [2.05, 4.69) is 12.6 Å². The van der Waals surface area contributed by atoms with Crippen LogP contribution in [0.25, 0.3) is 0 Å². The molecule has 0 saturated heterocycles. The highest BCUT2D eigenvalue weighted by atomic mass is 32.1. The van der Waals surface area contributed by atoms with Crippen LogP contribution in [0.4, 0.5) is 13.2 Å². The van der Waals surface area contributed by atoms with Crippen molar-refractivity contribution < 1.29 is 13.2 Å². The molecule has 0 atom stereocenters. The summed E-state index contributed by atoms with van der Waals surface area (Å²) >= 11 is 3.93. The predicted octanol–water partition coefficient (Wildman–Crippen LogP) is 2.19. The molecule has 1 heterocycles. The summed E-state index contributed by atoms with van der Waals surface area (Å²) in [6.07, 6.45) is -3.01. The fraction of sp³-hybridized carbons (Fsp3) is 0.444. The molecule has 0 aliphatic rings. The van der Waals surface area contributed by atoms with Crippen LogP contribution in [0, 0.1) is 0 Å². The van der Waals surface area contributed by atoms with Gasteiger partial charge in [-0.2, -0.15) is 25.8 Å². The van der Waals surface area contributed by atoms with Gasteiger partial charge in [-0.3, -0.25) is 4.79 Å². The maximum absolute atomic E-state index is 12.3. The zero-order valence-corrected chi connectivity index (χ0v) is 8.68. The van der Waals surface area contributed by atoms with Crippen molar-refractivity contribution in [1.82, 2.24) is 4.57 Å². The summed E-state index contributed by atoms with van der Waals surface area (Å²) in [6.45, 7) is 0.256. The molecule has 0 amide bonds. The van der Waals surface area contributed by atoms with E-state index in [0.717, 1.165) is 22.9 Å². The van der Waals surface area contributed by atoms with Crippen molar-refractivity contribution in [2.24, 2.45) is 0 Å². The largest absolute Gasteiger partial charge is 0.417 e. The Hall–Kier alpha value is -0.910. The zero-order valence-electron chi connectivity index (χ0n) is 7.79. The van der Waals surface area contributed by atoms with Crippen molar-refractivity contribution in [3.05, 3.63) is 34.2 Å². The number of halogens is 3. The topological polar surface area (TPSA) is 22.0 Å². The number of aromatic nitrogens is 1. The van der Waals surface area contributed by atoms with E-state index >= 15 is 0 Å². The smallest absolute Gasteiger partial charge is 0.315 e. The van der Waals surface area contributed by atoms with Gasteiger partial charge in [0.2, 0.25) is 0 Å². The summed E-state index contributed by atoms with van der Waals surface area (Å²) in [5.74, 6) is 0.530. The van der Waals surface area contributed by atoms with E-state index in [-0.39, 0.29) is 6.54 Å². The average Bonchev–Trinajstić information content (AvgIpc) is 2.15. The summed E-state index contributed by atoms with van der Waals surface area (Å²) in [7, 11) is 0. The van der Waals surface area contributed by atoms with Gasteiger partial charge in [-0.15, -0.1) is 0 Å². The molecule has 1 aromatic rings. The van der Waals surface area contributed by atoms with E-state index in [1.54, 1.807) is 0 Å². The first kappa shape index (κ1) is 12.2. The van der Waals surface area contributed by atoms with Gasteiger partial charge < -0.3 is 4.57 Å². The highest BCUT2D eigenvalue weighted by Crippen LogP contribution is 2.27. The van der Waals surface area contributed by atoms with Gasteiger partial charge in [0, 0.05) is 18.8 Å². The van der Waals surface area contributed by atoms with Crippen LogP contribution < -0.4 is 5.56 Å². The third-order valence-corrected chi connectivity index (χ3v) is 2.18. The maximum atomic E-state index is 12.3. The standard InChI is InChI=1S/C9H10F3NOS/c10-9(11,12)7-2-3-8(14)13(6-7)4-1-5-15/h2-3,6,15H,1,4-5H2. The lowest BCUT2D eigenvalue weighted by Crippen LogP contribution is -2.21. The molecular formula is C9H10F3NOS. The number of thiol groups is 1. The second kappa shape index (κ2) is 4.74. The van der Waals surface area contributed by atoms with Crippen molar-refractivity contribution in [1.29, 1.82) is 0 Å². The van der Waals surface area contributed by atoms with Gasteiger partial charge >= 0.3 is 6.18 Å². The molecule has 0 aliphatic carbocycles. The number of alkyl halides is 3. The minimum absolute atomic E-state index is 0.256. The molecule has 0 spiro atoms. The molecule has 0 aromatic carbocycles. The van der Waals surface area contributed by atoms with E-state index in [9.17, 15) is 18.0 Å². The van der Waals surface area contributed by atoms with Crippen LogP contribution in [0.15, 0.2) is 23.1 Å². The summed E-state index contributed by atoms with van der Waals surface area (Å²) in [4.78, 5) is 11.2. The first-order valence-electron chi connectivity index (χ1n) is 4.33. The second-order valence-corrected chi connectivity index (χ2v) is 3.47. The molecule has 0 aliphatic heterocycles. The Balaban J connectivity index is 3.01. The van der Waals surface area contributed by atoms with Gasteiger partial charge in [0.25, 0.3) is 5.56 Å². The number of rotatable bonds is 3. The fourth-order valence-electron chi connectivity index (χ4n) is 1.11. The molecule has 1 aromatic heterocycles. The highest BCUT2D eigenvalue weighted by Gasteiger charge is 2.30. The quantitative estimate of drug-likeness (QED) is 0.800. The van der Waals surface area contributed by atoms with Gasteiger partial charge in [-0.1, -0.05) is 0 Å². The Kier molecular flexibility index (Phi) is 3.84. The molecule has 2 nitrogen and oxygen atoms in total. The first-order valence-corrected chi connectivity index (χ1v) is 4.97. The van der Waals surface area contributed by atoms with Crippen LogP contribution in [0.3, 0.4) is 0 Å². The molecule has 0 saturated carbocycles. The summed E-state index contributed by atoms with van der Waals surface area (Å²) in [6, 6.07) is 1.72. The number of hydrogen-bond donors (Lipinski definition) is 1. The molecule has 6 heteroatoms. The van der Waals surface area contributed by atoms with E-state index in [4.69, 9.17) is 0 Å². The van der Waals surface area contributed by atoms with Crippen LogP contribution in [0.1, 0.15) is 12.0 Å². The van der Waals surface area contributed by atoms with Crippen LogP contribution in [0.5, 0.6) is 0 Å². The number of aryl methyl sites for hydroxylation is 1. The second-order valence-electron chi connectivity index (χ2n) is 3.02. The van der Waals surface area contributed by atoms with E-state index < -0.39 is 17.3 Å². The molecule has 0 N–H and O–H groups in total. The lowest BCUT2D eigenvalue weighted by Gasteiger charge is -2.09. The Labute approximate surface area is 90.1 Å². The van der Waals surface area contributed by atoms with Crippen molar-refractivity contribution in [3.8, 4) is 0 Å². The van der Waals surface area contributed by atoms with Crippen molar-refractivity contribution in [2.75, 3.05) is 5.75 Å². The third-order valence-electron chi connectivity index (χ3n) is 1.87. The monoisotopic (exact) mass is 237 g/mol. The Bertz CT molecular complexity index is 386. The first-order chi connectivity index (χ1) is 6.95. The summed E-state index contributed by atoms with van der Waals surface area (Å²) < 4.78 is 37.9. The molecule has 1 rings (SSSR count). The predicted molar refractivity (Wildman–Crippen MR) is 54.2 cm³/mol. The molecule has 0 bridgehead atoms. The van der Waals surface area contributed by atoms with Gasteiger partial charge in [0.05, 0.1) is 5.56 Å². The SMILES string of the molecule is O=c1ccc(C(F)(F)F)cn1CCCS. The number of hydrogen-bond acceptors (Lipinski definition) is 2. The normalized spacial score (nSPS) is 11.7. The van der Waals surface area contributed by atoms with Crippen LogP contribution in [0.2, 0.25) is 0 Å². The molecule has 84 valence electrons. The third kappa shape index (κ3) is 3.30. The van der Waals surface area contributed by atoms with Gasteiger partial charge in [0.1, 0.15) is 0 Å². The van der Waals surface area contributed by atoms with Gasteiger partial charge in [-0.25, -0.2) is 0 Å². The van der Waals surface area contributed by atoms with Crippen molar-refractivity contribution in [3.63, 3.8) is 0 Å². The zero-order chi connectivity index (χ0) is 11.5. The van der Waals surface area contributed by atoms with Crippen molar-refractivity contribution >= 4 is 12.6 Å². The molecule has 0 radical (unpaired) electrons. The molecule has 15 heavy (non-hydrogen) atoms. The Morgan fingerprint density at radius 2 is 2.00 bits per heavy atom. The lowest BCUT2D eigenvalue weighted by molar-refractivity contribution is -0.138. The van der Waals surface area contributed by atoms with Gasteiger partial charge in [0.15, 0.2) is 0 Å². The van der Waals surface area contributed by atoms with E-state index in [0.29, 0.717) is 12.2 Å². The highest BCUT2D eigenvalue weighted by molar-refractivity contribution is 7.80. The maximum Gasteiger partial charge on any atom is 0.417 e. The Morgan fingerprint density at radius 3 is 2.53 bits per heavy atom. The van der Waals surface area contributed by atoms with E-state index in [1.807, 2.05) is 0 Å². The van der Waals surface area contributed by atoms with Gasteiger partial charge in [-0.05, 0) is 18.2 Å². The molecular weight excluding hydrogens is 227 g/mol. The lowest BCUT2D eigenvalue weighted by atomic mass is 10.2. The van der Waals surface area contributed by atoms with Crippen LogP contribution in [-0.4, -0.2) is 10.3 Å².